The average molecular weight is 274 g/mol. The second-order valence-electron chi connectivity index (χ2n) is 5.18. The van der Waals surface area contributed by atoms with Gasteiger partial charge in [-0.15, -0.1) is 5.11 Å². The minimum Gasteiger partial charge on any atom is -0.328 e. The van der Waals surface area contributed by atoms with Crippen LogP contribution in [0.4, 0.5) is 5.82 Å². The topological polar surface area (TPSA) is 73.2 Å². The standard InChI is InChI=1S/C13H18N6O/c1-18-5-7-19(8-6-18)9-11(20)15-13-10-3-2-4-14-12(10)16-17-13/h2-4,13H,5-9H2,1H3,(H,15,20). The highest BCUT2D eigenvalue weighted by Gasteiger charge is 2.24. The molecule has 1 aromatic rings. The van der Waals surface area contributed by atoms with Crippen LogP contribution in [0.5, 0.6) is 0 Å². The van der Waals surface area contributed by atoms with Crippen molar-refractivity contribution in [3.8, 4) is 0 Å². The van der Waals surface area contributed by atoms with Crippen LogP contribution in [0.2, 0.25) is 0 Å². The van der Waals surface area contributed by atoms with Crippen LogP contribution in [0.15, 0.2) is 28.6 Å². The first kappa shape index (κ1) is 13.1. The van der Waals surface area contributed by atoms with E-state index in [0.29, 0.717) is 12.4 Å². The molecule has 1 fully saturated rings. The Bertz CT molecular complexity index is 523. The predicted molar refractivity (Wildman–Crippen MR) is 73.6 cm³/mol. The van der Waals surface area contributed by atoms with Crippen molar-refractivity contribution in [3.05, 3.63) is 23.9 Å². The van der Waals surface area contributed by atoms with Gasteiger partial charge >= 0.3 is 0 Å². The minimum atomic E-state index is -0.390. The molecule has 0 aliphatic carbocycles. The molecule has 0 saturated carbocycles. The van der Waals surface area contributed by atoms with Crippen LogP contribution >= 0.6 is 0 Å². The van der Waals surface area contributed by atoms with Gasteiger partial charge in [0.05, 0.1) is 6.54 Å². The van der Waals surface area contributed by atoms with Crippen molar-refractivity contribution in [1.29, 1.82) is 0 Å². The van der Waals surface area contributed by atoms with E-state index in [2.05, 4.69) is 37.4 Å². The van der Waals surface area contributed by atoms with Gasteiger partial charge in [0.2, 0.25) is 5.91 Å². The van der Waals surface area contributed by atoms with Crippen molar-refractivity contribution in [2.45, 2.75) is 6.17 Å². The Morgan fingerprint density at radius 3 is 3.00 bits per heavy atom. The maximum atomic E-state index is 12.1. The third-order valence-corrected chi connectivity index (χ3v) is 3.64. The smallest absolute Gasteiger partial charge is 0.236 e. The number of hydrogen-bond donors (Lipinski definition) is 1. The van der Waals surface area contributed by atoms with Gasteiger partial charge in [0.1, 0.15) is 0 Å². The Kier molecular flexibility index (Phi) is 3.70. The van der Waals surface area contributed by atoms with Crippen LogP contribution in [-0.4, -0.2) is 60.5 Å². The van der Waals surface area contributed by atoms with Gasteiger partial charge in [-0.2, -0.15) is 5.11 Å². The number of aromatic nitrogens is 1. The molecule has 1 N–H and O–H groups in total. The molecule has 1 atom stereocenters. The molecule has 3 heterocycles. The van der Waals surface area contributed by atoms with E-state index < -0.39 is 6.17 Å². The number of hydrogen-bond acceptors (Lipinski definition) is 6. The average Bonchev–Trinajstić information content (AvgIpc) is 2.85. The summed E-state index contributed by atoms with van der Waals surface area (Å²) in [7, 11) is 2.10. The summed E-state index contributed by atoms with van der Waals surface area (Å²) in [6, 6.07) is 3.72. The lowest BCUT2D eigenvalue weighted by molar-refractivity contribution is -0.123. The van der Waals surface area contributed by atoms with Crippen molar-refractivity contribution in [2.75, 3.05) is 39.8 Å². The van der Waals surface area contributed by atoms with Gasteiger partial charge in [-0.3, -0.25) is 9.69 Å². The fraction of sp³-hybridized carbons (Fsp3) is 0.538. The molecule has 2 aliphatic rings. The highest BCUT2D eigenvalue weighted by atomic mass is 16.2. The molecule has 0 aromatic carbocycles. The highest BCUT2D eigenvalue weighted by molar-refractivity contribution is 5.78. The summed E-state index contributed by atoms with van der Waals surface area (Å²) in [6.45, 7) is 4.27. The van der Waals surface area contributed by atoms with Gasteiger partial charge in [0.15, 0.2) is 12.0 Å². The van der Waals surface area contributed by atoms with Crippen LogP contribution in [0, 0.1) is 0 Å². The Hall–Kier alpha value is -1.86. The normalized spacial score (nSPS) is 22.8. The second kappa shape index (κ2) is 5.64. The largest absolute Gasteiger partial charge is 0.328 e. The quantitative estimate of drug-likeness (QED) is 0.873. The SMILES string of the molecule is CN1CCN(CC(=O)NC2N=Nc3ncccc32)CC1. The van der Waals surface area contributed by atoms with Crippen molar-refractivity contribution in [3.63, 3.8) is 0 Å². The number of rotatable bonds is 3. The number of amides is 1. The predicted octanol–water partition coefficient (Wildman–Crippen LogP) is 0.541. The number of nitrogens with one attached hydrogen (secondary N) is 1. The molecule has 7 heteroatoms. The molecule has 0 radical (unpaired) electrons. The maximum absolute atomic E-state index is 12.1. The number of likely N-dealkylation sites (N-methyl/N-ethyl adjacent to an activating group) is 1. The molecule has 0 bridgehead atoms. The van der Waals surface area contributed by atoms with Gasteiger partial charge < -0.3 is 10.2 Å². The van der Waals surface area contributed by atoms with E-state index in [4.69, 9.17) is 0 Å². The van der Waals surface area contributed by atoms with Crippen molar-refractivity contribution in [2.24, 2.45) is 10.2 Å². The zero-order valence-electron chi connectivity index (χ0n) is 11.5. The number of carbonyl (C=O) groups excluding carboxylic acids is 1. The van der Waals surface area contributed by atoms with Gasteiger partial charge in [0, 0.05) is 37.9 Å². The summed E-state index contributed by atoms with van der Waals surface area (Å²) in [6.07, 6.45) is 1.28. The van der Waals surface area contributed by atoms with Gasteiger partial charge in [-0.1, -0.05) is 0 Å². The van der Waals surface area contributed by atoms with E-state index in [-0.39, 0.29) is 5.91 Å². The summed E-state index contributed by atoms with van der Waals surface area (Å²) in [5.41, 5.74) is 0.860. The minimum absolute atomic E-state index is 0.0183. The zero-order chi connectivity index (χ0) is 13.9. The van der Waals surface area contributed by atoms with E-state index in [1.807, 2.05) is 12.1 Å². The van der Waals surface area contributed by atoms with Gasteiger partial charge in [0.25, 0.3) is 0 Å². The van der Waals surface area contributed by atoms with Crippen LogP contribution in [0.1, 0.15) is 11.7 Å². The third-order valence-electron chi connectivity index (χ3n) is 3.64. The van der Waals surface area contributed by atoms with Crippen LogP contribution in [-0.2, 0) is 4.79 Å². The van der Waals surface area contributed by atoms with E-state index in [1.54, 1.807) is 6.20 Å². The summed E-state index contributed by atoms with van der Waals surface area (Å²) in [5.74, 6) is 0.576. The third kappa shape index (κ3) is 2.83. The zero-order valence-corrected chi connectivity index (χ0v) is 11.5. The lowest BCUT2D eigenvalue weighted by Gasteiger charge is -2.31. The molecule has 1 amide bonds. The lowest BCUT2D eigenvalue weighted by Crippen LogP contribution is -2.48. The fourth-order valence-corrected chi connectivity index (χ4v) is 2.39. The van der Waals surface area contributed by atoms with Crippen LogP contribution in [0.3, 0.4) is 0 Å². The first-order chi connectivity index (χ1) is 9.72. The number of pyridine rings is 1. The summed E-state index contributed by atoms with van der Waals surface area (Å²) < 4.78 is 0. The number of fused-ring (bicyclic) bond motifs is 1. The highest BCUT2D eigenvalue weighted by Crippen LogP contribution is 2.31. The van der Waals surface area contributed by atoms with Crippen molar-refractivity contribution in [1.82, 2.24) is 20.1 Å². The molecule has 1 unspecified atom stereocenters. The Morgan fingerprint density at radius 1 is 1.40 bits per heavy atom. The molecule has 7 nitrogen and oxygen atoms in total. The van der Waals surface area contributed by atoms with E-state index in [1.165, 1.54) is 0 Å². The molecule has 3 rings (SSSR count). The van der Waals surface area contributed by atoms with Crippen molar-refractivity contribution >= 4 is 11.7 Å². The number of piperazine rings is 1. The fourth-order valence-electron chi connectivity index (χ4n) is 2.39. The molecular weight excluding hydrogens is 256 g/mol. The van der Waals surface area contributed by atoms with Gasteiger partial charge in [-0.25, -0.2) is 4.98 Å². The molecular formula is C13H18N6O. The Labute approximate surface area is 117 Å². The Balaban J connectivity index is 1.54. The monoisotopic (exact) mass is 274 g/mol. The molecule has 20 heavy (non-hydrogen) atoms. The molecule has 2 aliphatic heterocycles. The van der Waals surface area contributed by atoms with Gasteiger partial charge in [-0.05, 0) is 19.2 Å². The molecule has 106 valence electrons. The maximum Gasteiger partial charge on any atom is 0.236 e. The summed E-state index contributed by atoms with van der Waals surface area (Å²) in [4.78, 5) is 20.6. The van der Waals surface area contributed by atoms with Crippen LogP contribution < -0.4 is 5.32 Å². The molecule has 0 spiro atoms. The first-order valence-electron chi connectivity index (χ1n) is 6.78. The lowest BCUT2D eigenvalue weighted by atomic mass is 10.2. The Morgan fingerprint density at radius 2 is 2.20 bits per heavy atom. The van der Waals surface area contributed by atoms with Crippen molar-refractivity contribution < 1.29 is 4.79 Å². The van der Waals surface area contributed by atoms with E-state index >= 15 is 0 Å². The number of azo groups is 1. The summed E-state index contributed by atoms with van der Waals surface area (Å²) >= 11 is 0. The van der Waals surface area contributed by atoms with Crippen LogP contribution in [0.25, 0.3) is 0 Å². The van der Waals surface area contributed by atoms with E-state index in [0.717, 1.165) is 31.7 Å². The second-order valence-corrected chi connectivity index (χ2v) is 5.18. The van der Waals surface area contributed by atoms with E-state index in [9.17, 15) is 4.79 Å². The molecule has 1 saturated heterocycles. The molecule has 1 aromatic heterocycles. The first-order valence-corrected chi connectivity index (χ1v) is 6.78. The summed E-state index contributed by atoms with van der Waals surface area (Å²) in [5, 5.41) is 10.9. The number of nitrogens with zero attached hydrogens (tertiary/aromatic N) is 5. The number of carbonyl (C=O) groups is 1.